The molecule has 3 aliphatic rings. The highest BCUT2D eigenvalue weighted by molar-refractivity contribution is 6.24. The number of halogens is 2. The molecule has 0 aliphatic heterocycles. The first-order valence-electron chi connectivity index (χ1n) is 11.5. The molecule has 1 aromatic carbocycles. The molecule has 0 saturated heterocycles. The van der Waals surface area contributed by atoms with Crippen LogP contribution in [-0.2, 0) is 27.3 Å². The van der Waals surface area contributed by atoms with Crippen molar-refractivity contribution in [2.75, 3.05) is 35.3 Å². The highest BCUT2D eigenvalue weighted by atomic mass is 35.5. The van der Waals surface area contributed by atoms with Gasteiger partial charge in [0.05, 0.1) is 18.7 Å². The number of likely N-dealkylation sites (N-methyl/N-ethyl adjacent to an activating group) is 1. The lowest BCUT2D eigenvalue weighted by molar-refractivity contribution is -0.153. The van der Waals surface area contributed by atoms with Gasteiger partial charge in [-0.1, -0.05) is 0 Å². The fourth-order valence-corrected chi connectivity index (χ4v) is 6.07. The van der Waals surface area contributed by atoms with Crippen molar-refractivity contribution < 1.29 is 39.5 Å². The number of carbonyl (C=O) groups is 3. The molecular formula is C25H33Cl2N3O8. The van der Waals surface area contributed by atoms with E-state index in [4.69, 9.17) is 10.5 Å². The zero-order valence-electron chi connectivity index (χ0n) is 21.6. The van der Waals surface area contributed by atoms with Crippen LogP contribution >= 0.6 is 24.8 Å². The molecule has 1 aromatic rings. The summed E-state index contributed by atoms with van der Waals surface area (Å²) in [6, 6.07) is 0.321. The molecule has 4 rings (SSSR count). The number of methoxy groups -OCH3 is 1. The second-order valence-electron chi connectivity index (χ2n) is 10.1. The zero-order chi connectivity index (χ0) is 26.9. The molecule has 1 saturated carbocycles. The largest absolute Gasteiger partial charge is 0.508 e. The van der Waals surface area contributed by atoms with Crippen LogP contribution in [0.25, 0.3) is 5.76 Å². The lowest BCUT2D eigenvalue weighted by atomic mass is 9.57. The van der Waals surface area contributed by atoms with Crippen LogP contribution in [0.2, 0.25) is 0 Å². The Morgan fingerprint density at radius 1 is 1.16 bits per heavy atom. The lowest BCUT2D eigenvalue weighted by Gasteiger charge is -2.50. The van der Waals surface area contributed by atoms with Crippen molar-refractivity contribution in [3.63, 3.8) is 0 Å². The van der Waals surface area contributed by atoms with Gasteiger partial charge in [-0.3, -0.25) is 19.3 Å². The number of phenolic OH excluding ortho intramolecular Hbond substituents is 1. The average molecular weight is 574 g/mol. The Labute approximate surface area is 232 Å². The number of hydrogen-bond acceptors (Lipinski definition) is 10. The summed E-state index contributed by atoms with van der Waals surface area (Å²) >= 11 is 0. The predicted octanol–water partition coefficient (Wildman–Crippen LogP) is 0.878. The molecule has 210 valence electrons. The monoisotopic (exact) mass is 573 g/mol. The Bertz CT molecular complexity index is 1260. The van der Waals surface area contributed by atoms with Crippen LogP contribution in [0.1, 0.15) is 23.1 Å². The van der Waals surface area contributed by atoms with Crippen molar-refractivity contribution in [1.29, 1.82) is 0 Å². The Balaban J connectivity index is 0.00000253. The van der Waals surface area contributed by atoms with E-state index < -0.39 is 58.0 Å². The molecule has 0 bridgehead atoms. The number of Topliss-reactive ketones (excluding diaryl/α,β-unsaturated/α-hetero) is 2. The first kappa shape index (κ1) is 31.4. The van der Waals surface area contributed by atoms with Crippen molar-refractivity contribution in [3.8, 4) is 11.5 Å². The number of aliphatic hydroxyl groups is 3. The van der Waals surface area contributed by atoms with Gasteiger partial charge in [0, 0.05) is 29.2 Å². The van der Waals surface area contributed by atoms with Gasteiger partial charge in [0.2, 0.25) is 5.78 Å². The van der Waals surface area contributed by atoms with E-state index in [0.29, 0.717) is 23.4 Å². The molecule has 0 aromatic heterocycles. The van der Waals surface area contributed by atoms with Gasteiger partial charge in [-0.15, -0.1) is 24.8 Å². The van der Waals surface area contributed by atoms with Crippen LogP contribution in [0, 0.1) is 11.8 Å². The number of nitrogens with zero attached hydrogens (tertiary/aromatic N) is 2. The van der Waals surface area contributed by atoms with Crippen LogP contribution in [0.15, 0.2) is 23.0 Å². The van der Waals surface area contributed by atoms with Crippen molar-refractivity contribution in [2.45, 2.75) is 31.0 Å². The molecule has 0 unspecified atom stereocenters. The third-order valence-electron chi connectivity index (χ3n) is 7.44. The van der Waals surface area contributed by atoms with Gasteiger partial charge in [-0.2, -0.15) is 0 Å². The number of phenols is 1. The summed E-state index contributed by atoms with van der Waals surface area (Å²) in [4.78, 5) is 42.3. The number of primary amides is 1. The Morgan fingerprint density at radius 3 is 2.26 bits per heavy atom. The molecule has 13 heteroatoms. The topological polar surface area (TPSA) is 174 Å². The number of amides is 1. The van der Waals surface area contributed by atoms with E-state index in [1.54, 1.807) is 14.1 Å². The molecule has 38 heavy (non-hydrogen) atoms. The molecule has 0 heterocycles. The summed E-state index contributed by atoms with van der Waals surface area (Å²) in [5, 5.41) is 44.5. The quantitative estimate of drug-likeness (QED) is 0.318. The first-order valence-corrected chi connectivity index (χ1v) is 11.5. The summed E-state index contributed by atoms with van der Waals surface area (Å²) in [7, 11) is 8.30. The summed E-state index contributed by atoms with van der Waals surface area (Å²) in [6.07, 6.45) is 0.195. The molecule has 0 radical (unpaired) electrons. The van der Waals surface area contributed by atoms with Crippen LogP contribution in [0.4, 0.5) is 0 Å². The van der Waals surface area contributed by atoms with Crippen molar-refractivity contribution in [1.82, 2.24) is 9.80 Å². The van der Waals surface area contributed by atoms with Gasteiger partial charge in [0.25, 0.3) is 5.91 Å². The molecule has 4 atom stereocenters. The minimum absolute atomic E-state index is 0. The van der Waals surface area contributed by atoms with Gasteiger partial charge < -0.3 is 35.8 Å². The maximum absolute atomic E-state index is 13.8. The fourth-order valence-electron chi connectivity index (χ4n) is 6.07. The summed E-state index contributed by atoms with van der Waals surface area (Å²) in [5.74, 6) is -6.35. The summed E-state index contributed by atoms with van der Waals surface area (Å²) in [5.41, 5.74) is 2.82. The number of carbonyl (C=O) groups excluding carboxylic acids is 3. The van der Waals surface area contributed by atoms with E-state index in [9.17, 15) is 34.8 Å². The second kappa shape index (κ2) is 10.7. The highest BCUT2D eigenvalue weighted by Gasteiger charge is 2.64. The van der Waals surface area contributed by atoms with Crippen molar-refractivity contribution in [2.24, 2.45) is 17.6 Å². The molecule has 3 aliphatic carbocycles. The van der Waals surface area contributed by atoms with Crippen LogP contribution in [0.3, 0.4) is 0 Å². The number of hydrogen-bond donors (Lipinski definition) is 5. The smallest absolute Gasteiger partial charge is 0.255 e. The molecule has 1 amide bonds. The average Bonchev–Trinajstić information content (AvgIpc) is 2.75. The van der Waals surface area contributed by atoms with Gasteiger partial charge in [0.1, 0.15) is 28.6 Å². The SMILES string of the molecule is COc1c(CN(C)C)cc(O)c2c1C[C@H]1C[C@H]3[C@H](N(C)C)C(=O)C(C(N)=O)=C(O)[C@@]3(O)C(=O)C1=C2O.Cl.Cl. The number of ether oxygens (including phenoxy) is 1. The maximum Gasteiger partial charge on any atom is 0.255 e. The summed E-state index contributed by atoms with van der Waals surface area (Å²) < 4.78 is 5.65. The molecule has 6 N–H and O–H groups in total. The zero-order valence-corrected chi connectivity index (χ0v) is 23.3. The fraction of sp³-hybridized carbons (Fsp3) is 0.480. The second-order valence-corrected chi connectivity index (χ2v) is 10.1. The summed E-state index contributed by atoms with van der Waals surface area (Å²) in [6.45, 7) is 0.444. The lowest BCUT2D eigenvalue weighted by Crippen LogP contribution is -2.65. The van der Waals surface area contributed by atoms with E-state index in [2.05, 4.69) is 0 Å². The Hall–Kier alpha value is -2.83. The first-order chi connectivity index (χ1) is 16.8. The standard InChI is InChI=1S/C25H31N3O8.2ClH/c1-27(2)9-11-8-14(29)16-12(21(11)36-5)6-10-7-13-18(28(3)4)20(31)17(24(26)34)23(33)25(13,35)22(32)15(10)19(16)30;;/h8,10,13,18,29-30,33,35H,6-7,9H2,1-5H3,(H2,26,34);2*1H/t10-,13-,18-,25-;;/m0../s1. The minimum Gasteiger partial charge on any atom is -0.508 e. The van der Waals surface area contributed by atoms with Gasteiger partial charge in [0.15, 0.2) is 11.4 Å². The number of nitrogens with two attached hydrogens (primary N) is 1. The van der Waals surface area contributed by atoms with E-state index in [-0.39, 0.29) is 54.5 Å². The third kappa shape index (κ3) is 4.32. The number of aliphatic hydroxyl groups excluding tert-OH is 2. The minimum atomic E-state index is -2.66. The number of fused-ring (bicyclic) bond motifs is 3. The van der Waals surface area contributed by atoms with Crippen LogP contribution in [0.5, 0.6) is 11.5 Å². The van der Waals surface area contributed by atoms with E-state index in [1.165, 1.54) is 18.1 Å². The van der Waals surface area contributed by atoms with Gasteiger partial charge >= 0.3 is 0 Å². The van der Waals surface area contributed by atoms with Crippen molar-refractivity contribution in [3.05, 3.63) is 39.7 Å². The highest BCUT2D eigenvalue weighted by Crippen LogP contribution is 2.54. The maximum atomic E-state index is 13.8. The molecule has 1 fully saturated rings. The van der Waals surface area contributed by atoms with Gasteiger partial charge in [-0.05, 0) is 53.0 Å². The van der Waals surface area contributed by atoms with Crippen LogP contribution in [-0.4, -0.2) is 94.6 Å². The molecule has 0 spiro atoms. The number of aromatic hydroxyl groups is 1. The molecule has 11 nitrogen and oxygen atoms in total. The predicted molar refractivity (Wildman–Crippen MR) is 143 cm³/mol. The van der Waals surface area contributed by atoms with E-state index in [1.807, 2.05) is 19.0 Å². The van der Waals surface area contributed by atoms with E-state index >= 15 is 0 Å². The van der Waals surface area contributed by atoms with Crippen LogP contribution < -0.4 is 10.5 Å². The third-order valence-corrected chi connectivity index (χ3v) is 7.44. The Morgan fingerprint density at radius 2 is 1.76 bits per heavy atom. The molecular weight excluding hydrogens is 541 g/mol. The number of ketones is 2. The van der Waals surface area contributed by atoms with Crippen molar-refractivity contribution >= 4 is 48.0 Å². The Kier molecular flexibility index (Phi) is 8.87. The number of benzene rings is 1. The number of rotatable bonds is 5. The van der Waals surface area contributed by atoms with E-state index in [0.717, 1.165) is 0 Å². The van der Waals surface area contributed by atoms with Gasteiger partial charge in [-0.25, -0.2) is 0 Å². The normalized spacial score (nSPS) is 26.4.